The molecular weight excluding hydrogens is 309 g/mol. The summed E-state index contributed by atoms with van der Waals surface area (Å²) in [5, 5.41) is 9.10. The summed E-state index contributed by atoms with van der Waals surface area (Å²) < 4.78 is 20.6. The van der Waals surface area contributed by atoms with Crippen LogP contribution in [0.2, 0.25) is 0 Å². The van der Waals surface area contributed by atoms with Gasteiger partial charge in [0.1, 0.15) is 11.4 Å². The van der Waals surface area contributed by atoms with Gasteiger partial charge in [-0.2, -0.15) is 0 Å². The quantitative estimate of drug-likeness (QED) is 0.865. The molecule has 1 aromatic carbocycles. The predicted octanol–water partition coefficient (Wildman–Crippen LogP) is 3.46. The van der Waals surface area contributed by atoms with Gasteiger partial charge in [0.2, 0.25) is 0 Å². The Morgan fingerprint density at radius 2 is 2.04 bits per heavy atom. The van der Waals surface area contributed by atoms with E-state index in [2.05, 4.69) is 0 Å². The van der Waals surface area contributed by atoms with E-state index >= 15 is 4.39 Å². The second-order valence-corrected chi connectivity index (χ2v) is 6.33. The molecule has 0 aromatic heterocycles. The Morgan fingerprint density at radius 3 is 2.58 bits per heavy atom. The number of halogens is 1. The monoisotopic (exact) mass is 333 g/mol. The molecule has 130 valence electrons. The number of nitrogens with two attached hydrogens (primary N) is 1. The molecule has 2 rings (SSSR count). The van der Waals surface area contributed by atoms with Crippen molar-refractivity contribution in [3.63, 3.8) is 0 Å². The van der Waals surface area contributed by atoms with Crippen LogP contribution >= 0.6 is 0 Å². The van der Waals surface area contributed by atoms with Crippen LogP contribution in [0.15, 0.2) is 41.7 Å². The van der Waals surface area contributed by atoms with Crippen molar-refractivity contribution < 1.29 is 19.0 Å². The highest BCUT2D eigenvalue weighted by Crippen LogP contribution is 2.47. The van der Waals surface area contributed by atoms with Gasteiger partial charge in [0.15, 0.2) is 0 Å². The normalized spacial score (nSPS) is 25.4. The maximum Gasteiger partial charge on any atom is 0.305 e. The lowest BCUT2D eigenvalue weighted by Crippen LogP contribution is -2.56. The second kappa shape index (κ2) is 6.87. The van der Waals surface area contributed by atoms with Gasteiger partial charge in [0.05, 0.1) is 12.5 Å². The zero-order chi connectivity index (χ0) is 18.1. The van der Waals surface area contributed by atoms with Crippen LogP contribution in [0.3, 0.4) is 0 Å². The topological polar surface area (TPSA) is 72.5 Å². The summed E-state index contributed by atoms with van der Waals surface area (Å²) >= 11 is 0. The number of carbonyl (C=O) groups is 1. The number of aryl methyl sites for hydroxylation is 1. The van der Waals surface area contributed by atoms with E-state index in [4.69, 9.17) is 15.6 Å². The fourth-order valence-corrected chi connectivity index (χ4v) is 3.60. The number of aliphatic carboxylic acids is 1. The van der Waals surface area contributed by atoms with E-state index in [9.17, 15) is 4.79 Å². The van der Waals surface area contributed by atoms with Gasteiger partial charge in [0.25, 0.3) is 0 Å². The summed E-state index contributed by atoms with van der Waals surface area (Å²) in [4.78, 5) is 11.1. The molecule has 0 bridgehead atoms. The van der Waals surface area contributed by atoms with E-state index in [-0.39, 0.29) is 6.42 Å². The van der Waals surface area contributed by atoms with Crippen LogP contribution in [-0.4, -0.2) is 29.8 Å². The largest absolute Gasteiger partial charge is 0.481 e. The Morgan fingerprint density at radius 1 is 1.42 bits per heavy atom. The Kier molecular flexibility index (Phi) is 5.26. The number of ether oxygens (including phenoxy) is 1. The molecule has 0 aliphatic heterocycles. The highest BCUT2D eigenvalue weighted by atomic mass is 19.1. The van der Waals surface area contributed by atoms with Gasteiger partial charge in [0, 0.05) is 13.0 Å². The van der Waals surface area contributed by atoms with Crippen molar-refractivity contribution in [2.45, 2.75) is 38.8 Å². The maximum absolute atomic E-state index is 15.1. The summed E-state index contributed by atoms with van der Waals surface area (Å²) in [5.41, 5.74) is 7.97. The van der Waals surface area contributed by atoms with E-state index in [1.165, 1.54) is 7.11 Å². The highest BCUT2D eigenvalue weighted by molar-refractivity contribution is 5.76. The second-order valence-electron chi connectivity index (χ2n) is 6.33. The number of carboxylic acid groups (broad SMARTS) is 1. The minimum Gasteiger partial charge on any atom is -0.481 e. The molecule has 0 amide bonds. The molecule has 4 nitrogen and oxygen atoms in total. The number of allylic oxidation sites excluding steroid dienone is 2. The first-order valence-electron chi connectivity index (χ1n) is 7.92. The lowest BCUT2D eigenvalue weighted by atomic mass is 9.69. The van der Waals surface area contributed by atoms with Gasteiger partial charge in [-0.1, -0.05) is 37.3 Å². The average Bonchev–Trinajstić information content (AvgIpc) is 2.52. The zero-order valence-corrected chi connectivity index (χ0v) is 14.5. The zero-order valence-electron chi connectivity index (χ0n) is 14.5. The van der Waals surface area contributed by atoms with Gasteiger partial charge in [-0.05, 0) is 36.1 Å². The first-order chi connectivity index (χ1) is 11.3. The van der Waals surface area contributed by atoms with Crippen molar-refractivity contribution in [1.82, 2.24) is 0 Å². The van der Waals surface area contributed by atoms with Crippen molar-refractivity contribution in [3.05, 3.63) is 52.9 Å². The predicted molar refractivity (Wildman–Crippen MR) is 92.1 cm³/mol. The lowest BCUT2D eigenvalue weighted by molar-refractivity contribution is -0.140. The number of hydrogen-bond donors (Lipinski definition) is 2. The molecule has 1 aliphatic rings. The smallest absolute Gasteiger partial charge is 0.305 e. The minimum atomic E-state index is -1.49. The molecular formula is C19H24FNO3. The van der Waals surface area contributed by atoms with Gasteiger partial charge in [-0.15, -0.1) is 0 Å². The molecule has 1 aliphatic carbocycles. The fourth-order valence-electron chi connectivity index (χ4n) is 3.60. The Hall–Kier alpha value is -1.98. The first kappa shape index (κ1) is 18.4. The molecule has 1 aromatic rings. The van der Waals surface area contributed by atoms with Crippen LogP contribution in [-0.2, 0) is 9.53 Å². The fraction of sp³-hybridized carbons (Fsp3) is 0.421. The molecule has 24 heavy (non-hydrogen) atoms. The summed E-state index contributed by atoms with van der Waals surface area (Å²) in [6.45, 7) is 5.47. The molecule has 3 N–H and O–H groups in total. The summed E-state index contributed by atoms with van der Waals surface area (Å²) in [7, 11) is 1.38. The minimum absolute atomic E-state index is 0.375. The summed E-state index contributed by atoms with van der Waals surface area (Å²) in [6.07, 6.45) is 1.42. The first-order valence-corrected chi connectivity index (χ1v) is 7.92. The third-order valence-corrected chi connectivity index (χ3v) is 4.91. The Balaban J connectivity index is 2.61. The van der Waals surface area contributed by atoms with Crippen LogP contribution in [0.1, 0.15) is 31.4 Å². The standard InChI is InChI=1S/C19H24FNO3/c1-11-7-5-6-8-14(11)15-9-12(2)18(20)19(24-4,13(15)3)16(21)10-17(22)23/h5-9,13,16H,10,21H2,1-4H3,(H,22,23). The van der Waals surface area contributed by atoms with Gasteiger partial charge in [-0.3, -0.25) is 4.79 Å². The summed E-state index contributed by atoms with van der Waals surface area (Å²) in [5.74, 6) is -2.01. The van der Waals surface area contributed by atoms with E-state index < -0.39 is 29.4 Å². The number of hydrogen-bond acceptors (Lipinski definition) is 3. The Bertz CT molecular complexity index is 710. The number of methoxy groups -OCH3 is 1. The van der Waals surface area contributed by atoms with E-state index in [0.29, 0.717) is 5.57 Å². The molecule has 0 fully saturated rings. The highest BCUT2D eigenvalue weighted by Gasteiger charge is 2.51. The molecule has 0 heterocycles. The average molecular weight is 333 g/mol. The summed E-state index contributed by atoms with van der Waals surface area (Å²) in [6, 6.07) is 6.81. The van der Waals surface area contributed by atoms with Crippen molar-refractivity contribution in [2.75, 3.05) is 7.11 Å². The third-order valence-electron chi connectivity index (χ3n) is 4.91. The van der Waals surface area contributed by atoms with Gasteiger partial charge >= 0.3 is 5.97 Å². The number of carboxylic acids is 1. The van der Waals surface area contributed by atoms with Crippen molar-refractivity contribution >= 4 is 11.5 Å². The van der Waals surface area contributed by atoms with E-state index in [0.717, 1.165) is 16.7 Å². The van der Waals surface area contributed by atoms with Crippen molar-refractivity contribution in [2.24, 2.45) is 11.7 Å². The van der Waals surface area contributed by atoms with Crippen molar-refractivity contribution in [1.29, 1.82) is 0 Å². The van der Waals surface area contributed by atoms with Crippen LogP contribution in [0.5, 0.6) is 0 Å². The third kappa shape index (κ3) is 2.89. The van der Waals surface area contributed by atoms with Crippen LogP contribution in [0.4, 0.5) is 4.39 Å². The molecule has 0 saturated carbocycles. The lowest BCUT2D eigenvalue weighted by Gasteiger charge is -2.44. The SMILES string of the molecule is COC1(C(N)CC(=O)O)C(F)=C(C)C=C(c2ccccc2C)C1C. The van der Waals surface area contributed by atoms with E-state index in [1.807, 2.05) is 38.1 Å². The molecule has 0 radical (unpaired) electrons. The number of benzene rings is 1. The van der Waals surface area contributed by atoms with Crippen LogP contribution in [0.25, 0.3) is 5.57 Å². The molecule has 3 unspecified atom stereocenters. The Labute approximate surface area is 141 Å². The van der Waals surface area contributed by atoms with Crippen molar-refractivity contribution in [3.8, 4) is 0 Å². The van der Waals surface area contributed by atoms with Gasteiger partial charge in [-0.25, -0.2) is 4.39 Å². The van der Waals surface area contributed by atoms with Crippen LogP contribution in [0, 0.1) is 12.8 Å². The van der Waals surface area contributed by atoms with E-state index in [1.54, 1.807) is 13.0 Å². The van der Waals surface area contributed by atoms with Crippen LogP contribution < -0.4 is 5.73 Å². The maximum atomic E-state index is 15.1. The molecule has 0 saturated heterocycles. The number of rotatable bonds is 5. The van der Waals surface area contributed by atoms with Gasteiger partial charge < -0.3 is 15.6 Å². The molecule has 3 atom stereocenters. The molecule has 0 spiro atoms. The molecule has 5 heteroatoms.